The molecule has 2 fully saturated rings. The Labute approximate surface area is 253 Å². The molecule has 0 spiro atoms. The molecule has 2 aliphatic rings. The molecule has 2 unspecified atom stereocenters. The summed E-state index contributed by atoms with van der Waals surface area (Å²) in [5, 5.41) is 0. The van der Waals surface area contributed by atoms with Gasteiger partial charge in [-0.1, -0.05) is 101 Å². The molecule has 41 heavy (non-hydrogen) atoms. The topological polar surface area (TPSA) is 15.7 Å². The van der Waals surface area contributed by atoms with Gasteiger partial charge in [-0.3, -0.25) is 0 Å². The highest BCUT2D eigenvalue weighted by molar-refractivity contribution is 5.22. The number of benzene rings is 2. The highest BCUT2D eigenvalue weighted by Gasteiger charge is 2.36. The Morgan fingerprint density at radius 1 is 0.585 bits per heavy atom. The maximum atomic E-state index is 7.43. The molecule has 4 rings (SSSR count). The Hall–Kier alpha value is -1.68. The van der Waals surface area contributed by atoms with Crippen LogP contribution in [0, 0.1) is 23.7 Å². The molecule has 3 heteroatoms. The summed E-state index contributed by atoms with van der Waals surface area (Å²) in [6, 6.07) is 23.8. The average Bonchev–Trinajstić information content (AvgIpc) is 3.02. The quantitative estimate of drug-likeness (QED) is 0.229. The number of hydrogen-bond acceptors (Lipinski definition) is 3. The van der Waals surface area contributed by atoms with Crippen LogP contribution in [0.4, 0.5) is 0 Å². The second-order valence-electron chi connectivity index (χ2n) is 13.8. The fourth-order valence-corrected chi connectivity index (χ4v) is 7.60. The molecule has 2 saturated carbocycles. The van der Waals surface area contributed by atoms with Gasteiger partial charge in [-0.05, 0) is 100 Å². The maximum absolute atomic E-state index is 7.43. The zero-order valence-electron chi connectivity index (χ0n) is 27.2. The van der Waals surface area contributed by atoms with E-state index in [0.717, 1.165) is 11.8 Å². The van der Waals surface area contributed by atoms with Crippen LogP contribution in [0.1, 0.15) is 115 Å². The number of ether oxygens (including phenoxy) is 1. The second kappa shape index (κ2) is 16.2. The van der Waals surface area contributed by atoms with Gasteiger partial charge in [-0.2, -0.15) is 0 Å². The van der Waals surface area contributed by atoms with E-state index in [1.807, 2.05) is 0 Å². The van der Waals surface area contributed by atoms with Crippen LogP contribution in [0.15, 0.2) is 60.7 Å². The first-order chi connectivity index (χ1) is 19.9. The molecule has 0 radical (unpaired) electrons. The third-order valence-electron chi connectivity index (χ3n) is 10.7. The van der Waals surface area contributed by atoms with Gasteiger partial charge in [0.2, 0.25) is 0 Å². The highest BCUT2D eigenvalue weighted by Crippen LogP contribution is 2.45. The van der Waals surface area contributed by atoms with E-state index in [2.05, 4.69) is 112 Å². The average molecular weight is 561 g/mol. The summed E-state index contributed by atoms with van der Waals surface area (Å²) < 4.78 is 7.43. The van der Waals surface area contributed by atoms with Gasteiger partial charge in [0.05, 0.1) is 12.2 Å². The Bertz CT molecular complexity index is 885. The summed E-state index contributed by atoms with van der Waals surface area (Å²) in [6.45, 7) is 11.9. The fraction of sp³-hybridized carbons (Fsp3) is 0.684. The zero-order chi connectivity index (χ0) is 29.2. The minimum absolute atomic E-state index is 0.160. The van der Waals surface area contributed by atoms with Crippen LogP contribution in [-0.2, 0) is 4.74 Å². The van der Waals surface area contributed by atoms with E-state index in [1.165, 1.54) is 88.4 Å². The van der Waals surface area contributed by atoms with Crippen molar-refractivity contribution < 1.29 is 4.74 Å². The van der Waals surface area contributed by atoms with Gasteiger partial charge in [-0.15, -0.1) is 0 Å². The van der Waals surface area contributed by atoms with Crippen LogP contribution in [0.5, 0.6) is 0 Å². The van der Waals surface area contributed by atoms with E-state index in [4.69, 9.17) is 4.74 Å². The van der Waals surface area contributed by atoms with E-state index >= 15 is 0 Å². The molecule has 0 bridgehead atoms. The van der Waals surface area contributed by atoms with Crippen molar-refractivity contribution in [1.82, 2.24) is 9.80 Å². The van der Waals surface area contributed by atoms with Gasteiger partial charge in [0, 0.05) is 25.2 Å². The summed E-state index contributed by atoms with van der Waals surface area (Å²) in [5.74, 6) is 2.70. The van der Waals surface area contributed by atoms with Crippen LogP contribution in [0.3, 0.4) is 0 Å². The molecule has 0 N–H and O–H groups in total. The largest absolute Gasteiger partial charge is 0.365 e. The predicted octanol–water partition coefficient (Wildman–Crippen LogP) is 9.56. The van der Waals surface area contributed by atoms with Crippen molar-refractivity contribution in [2.75, 3.05) is 27.2 Å². The van der Waals surface area contributed by atoms with Gasteiger partial charge in [0.25, 0.3) is 0 Å². The van der Waals surface area contributed by atoms with Crippen molar-refractivity contribution in [3.05, 3.63) is 71.8 Å². The van der Waals surface area contributed by atoms with Crippen molar-refractivity contribution in [3.63, 3.8) is 0 Å². The summed E-state index contributed by atoms with van der Waals surface area (Å²) in [7, 11) is 4.70. The molecule has 4 atom stereocenters. The maximum Gasteiger partial charge on any atom is 0.0861 e. The Balaban J connectivity index is 1.48. The summed E-state index contributed by atoms with van der Waals surface area (Å²) >= 11 is 0. The molecule has 0 saturated heterocycles. The summed E-state index contributed by atoms with van der Waals surface area (Å²) in [4.78, 5) is 5.29. The SMILES string of the molecule is CC[C@H](C)CN(C)C1CCC(C(OC(c2ccccc2)C2CCC(N(C)C[C@@H](C)CC)CC2)c2ccccc2)CC1. The molecule has 0 aliphatic heterocycles. The van der Waals surface area contributed by atoms with Crippen LogP contribution < -0.4 is 0 Å². The van der Waals surface area contributed by atoms with Gasteiger partial charge < -0.3 is 14.5 Å². The molecule has 2 aromatic carbocycles. The number of hydrogen-bond donors (Lipinski definition) is 0. The standard InChI is InChI=1S/C38H60N2O/c1-7-29(3)27-39(5)35-23-19-33(20-24-35)37(31-15-11-9-12-16-31)41-38(32-17-13-10-14-18-32)34-21-25-36(26-22-34)40(6)28-30(4)8-2/h9-18,29-30,33-38H,7-8,19-28H2,1-6H3/t29-,30-,33?,34?,35?,36?,37?,38?/m0/s1. The lowest BCUT2D eigenvalue weighted by atomic mass is 9.78. The monoisotopic (exact) mass is 560 g/mol. The van der Waals surface area contributed by atoms with Crippen molar-refractivity contribution >= 4 is 0 Å². The van der Waals surface area contributed by atoms with E-state index in [-0.39, 0.29) is 12.2 Å². The normalized spacial score (nSPS) is 26.5. The lowest BCUT2D eigenvalue weighted by molar-refractivity contribution is -0.0922. The van der Waals surface area contributed by atoms with Gasteiger partial charge in [-0.25, -0.2) is 0 Å². The third kappa shape index (κ3) is 9.15. The highest BCUT2D eigenvalue weighted by atomic mass is 16.5. The van der Waals surface area contributed by atoms with Gasteiger partial charge in [0.1, 0.15) is 0 Å². The first-order valence-corrected chi connectivity index (χ1v) is 17.0. The Morgan fingerprint density at radius 2 is 0.927 bits per heavy atom. The molecular formula is C38H60N2O. The van der Waals surface area contributed by atoms with Gasteiger partial charge >= 0.3 is 0 Å². The minimum atomic E-state index is 0.160. The van der Waals surface area contributed by atoms with E-state index in [0.29, 0.717) is 23.9 Å². The minimum Gasteiger partial charge on any atom is -0.365 e. The lowest BCUT2D eigenvalue weighted by Crippen LogP contribution is -2.39. The van der Waals surface area contributed by atoms with Crippen LogP contribution in [0.2, 0.25) is 0 Å². The van der Waals surface area contributed by atoms with Gasteiger partial charge in [0.15, 0.2) is 0 Å². The molecule has 2 aromatic rings. The van der Waals surface area contributed by atoms with Crippen molar-refractivity contribution in [2.24, 2.45) is 23.7 Å². The molecule has 0 amide bonds. The molecule has 3 nitrogen and oxygen atoms in total. The molecule has 2 aliphatic carbocycles. The summed E-state index contributed by atoms with van der Waals surface area (Å²) in [6.07, 6.45) is 13.0. The Kier molecular flexibility index (Phi) is 12.8. The third-order valence-corrected chi connectivity index (χ3v) is 10.7. The second-order valence-corrected chi connectivity index (χ2v) is 13.8. The van der Waals surface area contributed by atoms with Crippen LogP contribution >= 0.6 is 0 Å². The first kappa shape index (κ1) is 32.2. The lowest BCUT2D eigenvalue weighted by Gasteiger charge is -2.42. The van der Waals surface area contributed by atoms with Crippen molar-refractivity contribution in [3.8, 4) is 0 Å². The smallest absolute Gasteiger partial charge is 0.0861 e. The zero-order valence-corrected chi connectivity index (χ0v) is 27.2. The van der Waals surface area contributed by atoms with Crippen LogP contribution in [-0.4, -0.2) is 49.1 Å². The summed E-state index contributed by atoms with van der Waals surface area (Å²) in [5.41, 5.74) is 2.73. The predicted molar refractivity (Wildman–Crippen MR) is 175 cm³/mol. The molecular weight excluding hydrogens is 500 g/mol. The van der Waals surface area contributed by atoms with Crippen molar-refractivity contribution in [2.45, 2.75) is 116 Å². The molecule has 228 valence electrons. The van der Waals surface area contributed by atoms with E-state index in [9.17, 15) is 0 Å². The van der Waals surface area contributed by atoms with E-state index in [1.54, 1.807) is 0 Å². The van der Waals surface area contributed by atoms with E-state index < -0.39 is 0 Å². The fourth-order valence-electron chi connectivity index (χ4n) is 7.60. The molecule has 0 aromatic heterocycles. The van der Waals surface area contributed by atoms with Crippen molar-refractivity contribution in [1.29, 1.82) is 0 Å². The number of rotatable bonds is 14. The van der Waals surface area contributed by atoms with Crippen LogP contribution in [0.25, 0.3) is 0 Å². The molecule has 0 heterocycles. The number of nitrogens with zero attached hydrogens (tertiary/aromatic N) is 2. The Morgan fingerprint density at radius 3 is 1.24 bits per heavy atom. The first-order valence-electron chi connectivity index (χ1n) is 17.0.